The molecule has 0 radical (unpaired) electrons. The third-order valence-electron chi connectivity index (χ3n) is 5.26. The van der Waals surface area contributed by atoms with Crippen molar-refractivity contribution in [2.75, 3.05) is 39.4 Å². The Morgan fingerprint density at radius 3 is 1.74 bits per heavy atom. The first kappa shape index (κ1) is 26.1. The van der Waals surface area contributed by atoms with Crippen molar-refractivity contribution in [1.29, 1.82) is 0 Å². The number of aliphatic hydroxyl groups excluding tert-OH is 2. The standard InChI is InChI=1S/C22H43NO4/c1-2-3-4-5-6-7-8-9-10-11-12-13-14-15-16-23(17-19-24,18-20-25)21-22(26)27/h7-8,24-25H,2-6,9-21H2,1H3/b8-7-. The number of rotatable bonds is 20. The van der Waals surface area contributed by atoms with Crippen LogP contribution < -0.4 is 5.11 Å². The Kier molecular flexibility index (Phi) is 17.8. The molecule has 0 spiro atoms. The number of carboxylic acids is 1. The molecule has 0 fully saturated rings. The molecule has 0 aliphatic rings. The third kappa shape index (κ3) is 15.8. The highest BCUT2D eigenvalue weighted by atomic mass is 16.4. The van der Waals surface area contributed by atoms with Gasteiger partial charge in [0.2, 0.25) is 0 Å². The fourth-order valence-corrected chi connectivity index (χ4v) is 3.61. The number of carboxylic acid groups (broad SMARTS) is 1. The zero-order valence-corrected chi connectivity index (χ0v) is 17.5. The van der Waals surface area contributed by atoms with Crippen LogP contribution in [0.25, 0.3) is 0 Å². The first-order chi connectivity index (χ1) is 13.1. The molecule has 0 aromatic heterocycles. The number of aliphatic carboxylic acids is 1. The maximum absolute atomic E-state index is 11.0. The largest absolute Gasteiger partial charge is 0.544 e. The highest BCUT2D eigenvalue weighted by molar-refractivity contribution is 5.65. The Bertz CT molecular complexity index is 365. The van der Waals surface area contributed by atoms with Crippen LogP contribution in [0, 0.1) is 0 Å². The van der Waals surface area contributed by atoms with Crippen LogP contribution in [-0.2, 0) is 4.79 Å². The minimum Gasteiger partial charge on any atom is -0.544 e. The second-order valence-corrected chi connectivity index (χ2v) is 7.72. The summed E-state index contributed by atoms with van der Waals surface area (Å²) < 4.78 is 0.221. The Hall–Kier alpha value is -0.910. The fraction of sp³-hybridized carbons (Fsp3) is 0.864. The molecular formula is C22H43NO4. The summed E-state index contributed by atoms with van der Waals surface area (Å²) in [6, 6.07) is 0. The van der Waals surface area contributed by atoms with Crippen molar-refractivity contribution in [2.45, 2.75) is 84.0 Å². The number of aliphatic hydroxyl groups is 2. The topological polar surface area (TPSA) is 80.6 Å². The highest BCUT2D eigenvalue weighted by Gasteiger charge is 2.26. The molecule has 5 heteroatoms. The normalized spacial score (nSPS) is 12.1. The minimum absolute atomic E-state index is 0.0700. The van der Waals surface area contributed by atoms with Crippen molar-refractivity contribution in [3.8, 4) is 0 Å². The molecule has 0 unspecified atom stereocenters. The van der Waals surface area contributed by atoms with Gasteiger partial charge < -0.3 is 24.6 Å². The van der Waals surface area contributed by atoms with Crippen molar-refractivity contribution in [2.24, 2.45) is 0 Å². The van der Waals surface area contributed by atoms with Crippen LogP contribution in [-0.4, -0.2) is 60.1 Å². The maximum Gasteiger partial charge on any atom is 0.119 e. The van der Waals surface area contributed by atoms with Crippen LogP contribution in [0.4, 0.5) is 0 Å². The summed E-state index contributed by atoms with van der Waals surface area (Å²) in [5.74, 6) is -1.12. The predicted molar refractivity (Wildman–Crippen MR) is 109 cm³/mol. The summed E-state index contributed by atoms with van der Waals surface area (Å²) in [6.45, 7) is 3.36. The summed E-state index contributed by atoms with van der Waals surface area (Å²) >= 11 is 0. The van der Waals surface area contributed by atoms with Gasteiger partial charge in [0.05, 0.1) is 25.7 Å². The molecule has 0 aromatic rings. The predicted octanol–water partition coefficient (Wildman–Crippen LogP) is 2.80. The Morgan fingerprint density at radius 2 is 1.26 bits per heavy atom. The number of carbonyl (C=O) groups excluding carboxylic acids is 1. The van der Waals surface area contributed by atoms with Crippen molar-refractivity contribution in [1.82, 2.24) is 0 Å². The van der Waals surface area contributed by atoms with Crippen LogP contribution in [0.2, 0.25) is 0 Å². The first-order valence-corrected chi connectivity index (χ1v) is 11.0. The second kappa shape index (κ2) is 18.5. The number of hydrogen-bond donors (Lipinski definition) is 2. The van der Waals surface area contributed by atoms with Gasteiger partial charge in [-0.25, -0.2) is 0 Å². The van der Waals surface area contributed by atoms with Crippen molar-refractivity contribution in [3.63, 3.8) is 0 Å². The Balaban J connectivity index is 3.75. The molecule has 0 atom stereocenters. The zero-order chi connectivity index (χ0) is 20.2. The smallest absolute Gasteiger partial charge is 0.119 e. The second-order valence-electron chi connectivity index (χ2n) is 7.72. The summed E-state index contributed by atoms with van der Waals surface area (Å²) in [6.07, 6.45) is 19.2. The summed E-state index contributed by atoms with van der Waals surface area (Å²) in [5, 5.41) is 29.5. The Morgan fingerprint density at radius 1 is 0.778 bits per heavy atom. The van der Waals surface area contributed by atoms with Gasteiger partial charge in [-0.15, -0.1) is 0 Å². The van der Waals surface area contributed by atoms with E-state index in [1.807, 2.05) is 0 Å². The number of allylic oxidation sites excluding steroid dienone is 2. The summed E-state index contributed by atoms with van der Waals surface area (Å²) in [7, 11) is 0. The van der Waals surface area contributed by atoms with Gasteiger partial charge in [-0.05, 0) is 38.5 Å². The number of quaternary nitrogens is 1. The van der Waals surface area contributed by atoms with Gasteiger partial charge in [0, 0.05) is 0 Å². The van der Waals surface area contributed by atoms with E-state index in [1.165, 1.54) is 57.8 Å². The van der Waals surface area contributed by atoms with E-state index in [9.17, 15) is 20.1 Å². The lowest BCUT2D eigenvalue weighted by atomic mass is 10.1. The molecule has 2 N–H and O–H groups in total. The van der Waals surface area contributed by atoms with Gasteiger partial charge in [-0.2, -0.15) is 0 Å². The molecular weight excluding hydrogens is 342 g/mol. The van der Waals surface area contributed by atoms with E-state index in [0.29, 0.717) is 19.6 Å². The molecule has 0 heterocycles. The van der Waals surface area contributed by atoms with E-state index in [4.69, 9.17) is 0 Å². The van der Waals surface area contributed by atoms with E-state index < -0.39 is 5.97 Å². The molecule has 0 aromatic carbocycles. The SMILES string of the molecule is CCCCCC/C=C\CCCCCCCC[N+](CCO)(CCO)CC(=O)[O-]. The van der Waals surface area contributed by atoms with E-state index in [-0.39, 0.29) is 24.2 Å². The zero-order valence-electron chi connectivity index (χ0n) is 17.5. The van der Waals surface area contributed by atoms with Crippen LogP contribution in [0.1, 0.15) is 84.0 Å². The van der Waals surface area contributed by atoms with Crippen LogP contribution in [0.3, 0.4) is 0 Å². The van der Waals surface area contributed by atoms with Crippen LogP contribution >= 0.6 is 0 Å². The average molecular weight is 386 g/mol. The molecule has 0 saturated carbocycles. The van der Waals surface area contributed by atoms with E-state index in [0.717, 1.165) is 19.3 Å². The van der Waals surface area contributed by atoms with Crippen LogP contribution in [0.5, 0.6) is 0 Å². The number of carbonyl (C=O) groups is 1. The molecule has 0 rings (SSSR count). The van der Waals surface area contributed by atoms with Gasteiger partial charge in [-0.3, -0.25) is 0 Å². The van der Waals surface area contributed by atoms with Crippen LogP contribution in [0.15, 0.2) is 12.2 Å². The third-order valence-corrected chi connectivity index (χ3v) is 5.26. The van der Waals surface area contributed by atoms with Gasteiger partial charge in [0.25, 0.3) is 0 Å². The molecule has 0 bridgehead atoms. The molecule has 0 amide bonds. The molecule has 27 heavy (non-hydrogen) atoms. The number of hydrogen-bond acceptors (Lipinski definition) is 4. The molecule has 5 nitrogen and oxygen atoms in total. The number of unbranched alkanes of at least 4 members (excludes halogenated alkanes) is 10. The van der Waals surface area contributed by atoms with E-state index in [2.05, 4.69) is 19.1 Å². The average Bonchev–Trinajstić information content (AvgIpc) is 2.62. The fourth-order valence-electron chi connectivity index (χ4n) is 3.61. The lowest BCUT2D eigenvalue weighted by Gasteiger charge is -2.38. The van der Waals surface area contributed by atoms with Crippen molar-refractivity contribution in [3.05, 3.63) is 12.2 Å². The monoisotopic (exact) mass is 385 g/mol. The first-order valence-electron chi connectivity index (χ1n) is 11.0. The number of nitrogens with zero attached hydrogens (tertiary/aromatic N) is 1. The maximum atomic E-state index is 11.0. The van der Waals surface area contributed by atoms with E-state index in [1.54, 1.807) is 0 Å². The highest BCUT2D eigenvalue weighted by Crippen LogP contribution is 2.13. The lowest BCUT2D eigenvalue weighted by Crippen LogP contribution is -2.57. The lowest BCUT2D eigenvalue weighted by molar-refractivity contribution is -0.923. The molecule has 0 aliphatic heterocycles. The van der Waals surface area contributed by atoms with E-state index >= 15 is 0 Å². The van der Waals surface area contributed by atoms with Gasteiger partial charge in [0.1, 0.15) is 19.6 Å². The quantitative estimate of drug-likeness (QED) is 0.192. The summed E-state index contributed by atoms with van der Waals surface area (Å²) in [4.78, 5) is 11.0. The summed E-state index contributed by atoms with van der Waals surface area (Å²) in [5.41, 5.74) is 0. The molecule has 160 valence electrons. The van der Waals surface area contributed by atoms with Gasteiger partial charge >= 0.3 is 0 Å². The Labute approximate surface area is 166 Å². The molecule has 0 saturated heterocycles. The van der Waals surface area contributed by atoms with Gasteiger partial charge in [0.15, 0.2) is 0 Å². The van der Waals surface area contributed by atoms with Crippen molar-refractivity contribution < 1.29 is 24.6 Å². The van der Waals surface area contributed by atoms with Crippen molar-refractivity contribution >= 4 is 5.97 Å². The van der Waals surface area contributed by atoms with Gasteiger partial charge in [-0.1, -0.05) is 57.6 Å². The minimum atomic E-state index is -1.12. The molecule has 0 aliphatic carbocycles.